The van der Waals surface area contributed by atoms with Crippen LogP contribution in [0.3, 0.4) is 0 Å². The summed E-state index contributed by atoms with van der Waals surface area (Å²) in [6.07, 6.45) is 3.46. The molecule has 2 amide bonds. The smallest absolute Gasteiger partial charge is 0.252 e. The minimum atomic E-state index is -0.193. The van der Waals surface area contributed by atoms with Gasteiger partial charge in [-0.05, 0) is 12.1 Å². The predicted octanol–water partition coefficient (Wildman–Crippen LogP) is -0.367. The zero-order valence-corrected chi connectivity index (χ0v) is 10.8. The van der Waals surface area contributed by atoms with E-state index in [1.165, 1.54) is 6.20 Å². The van der Waals surface area contributed by atoms with Gasteiger partial charge in [0.2, 0.25) is 5.91 Å². The van der Waals surface area contributed by atoms with Crippen molar-refractivity contribution in [1.82, 2.24) is 20.5 Å². The summed E-state index contributed by atoms with van der Waals surface area (Å²) >= 11 is 0. The highest BCUT2D eigenvalue weighted by Gasteiger charge is 2.15. The Morgan fingerprint density at radius 3 is 2.84 bits per heavy atom. The summed E-state index contributed by atoms with van der Waals surface area (Å²) in [5.41, 5.74) is 0.511. The van der Waals surface area contributed by atoms with Gasteiger partial charge in [0.15, 0.2) is 0 Å². The molecule has 2 N–H and O–H groups in total. The van der Waals surface area contributed by atoms with Crippen LogP contribution < -0.4 is 10.6 Å². The topological polar surface area (TPSA) is 74.3 Å². The maximum absolute atomic E-state index is 11.9. The van der Waals surface area contributed by atoms with Crippen molar-refractivity contribution in [3.63, 3.8) is 0 Å². The van der Waals surface area contributed by atoms with Crippen LogP contribution >= 0.6 is 0 Å². The largest absolute Gasteiger partial charge is 0.351 e. The zero-order valence-electron chi connectivity index (χ0n) is 10.8. The fourth-order valence-electron chi connectivity index (χ4n) is 1.95. The Morgan fingerprint density at radius 1 is 1.37 bits per heavy atom. The van der Waals surface area contributed by atoms with E-state index in [-0.39, 0.29) is 11.8 Å². The lowest BCUT2D eigenvalue weighted by atomic mass is 10.2. The fourth-order valence-corrected chi connectivity index (χ4v) is 1.95. The number of hydrogen-bond acceptors (Lipinski definition) is 4. The van der Waals surface area contributed by atoms with E-state index < -0.39 is 0 Å². The molecule has 0 radical (unpaired) electrons. The van der Waals surface area contributed by atoms with Crippen LogP contribution in [0.5, 0.6) is 0 Å². The lowest BCUT2D eigenvalue weighted by Gasteiger charge is -2.27. The summed E-state index contributed by atoms with van der Waals surface area (Å²) in [5.74, 6) is -0.103. The predicted molar refractivity (Wildman–Crippen MR) is 70.6 cm³/mol. The maximum atomic E-state index is 11.9. The summed E-state index contributed by atoms with van der Waals surface area (Å²) in [4.78, 5) is 29.3. The van der Waals surface area contributed by atoms with Crippen molar-refractivity contribution in [1.29, 1.82) is 0 Å². The molecule has 2 rings (SSSR count). The van der Waals surface area contributed by atoms with Crippen LogP contribution in [-0.4, -0.2) is 54.4 Å². The number of rotatable bonds is 4. The summed E-state index contributed by atoms with van der Waals surface area (Å²) in [6.45, 7) is 3.53. The van der Waals surface area contributed by atoms with Gasteiger partial charge in [0.1, 0.15) is 0 Å². The van der Waals surface area contributed by atoms with Gasteiger partial charge in [0.25, 0.3) is 5.91 Å². The second-order valence-corrected chi connectivity index (χ2v) is 4.38. The number of amides is 2. The molecule has 19 heavy (non-hydrogen) atoms. The normalized spacial score (nSPS) is 15.1. The number of nitrogens with zero attached hydrogens (tertiary/aromatic N) is 2. The monoisotopic (exact) mass is 262 g/mol. The van der Waals surface area contributed by atoms with E-state index in [1.54, 1.807) is 18.3 Å². The van der Waals surface area contributed by atoms with Gasteiger partial charge in [-0.2, -0.15) is 0 Å². The molecule has 1 aliphatic rings. The molecule has 102 valence electrons. The molecule has 6 heteroatoms. The molecular weight excluding hydrogens is 244 g/mol. The molecule has 1 aromatic rings. The lowest BCUT2D eigenvalue weighted by Crippen LogP contribution is -2.47. The van der Waals surface area contributed by atoms with Crippen LogP contribution in [0.1, 0.15) is 16.8 Å². The van der Waals surface area contributed by atoms with Crippen molar-refractivity contribution in [3.8, 4) is 0 Å². The van der Waals surface area contributed by atoms with Crippen LogP contribution in [0.25, 0.3) is 0 Å². The second kappa shape index (κ2) is 6.84. The molecule has 1 aromatic heterocycles. The van der Waals surface area contributed by atoms with Crippen LogP contribution in [0.15, 0.2) is 24.5 Å². The number of hydrogen-bond donors (Lipinski definition) is 2. The molecular formula is C13H18N4O2. The van der Waals surface area contributed by atoms with Crippen LogP contribution in [0.2, 0.25) is 0 Å². The Hall–Kier alpha value is -1.95. The van der Waals surface area contributed by atoms with Crippen molar-refractivity contribution >= 4 is 11.8 Å². The Bertz CT molecular complexity index is 430. The molecule has 0 aliphatic carbocycles. The summed E-state index contributed by atoms with van der Waals surface area (Å²) in [7, 11) is 0. The molecule has 0 saturated carbocycles. The highest BCUT2D eigenvalue weighted by molar-refractivity contribution is 5.94. The number of pyridine rings is 1. The third kappa shape index (κ3) is 4.03. The lowest BCUT2D eigenvalue weighted by molar-refractivity contribution is -0.131. The van der Waals surface area contributed by atoms with E-state index in [9.17, 15) is 9.59 Å². The molecule has 0 unspecified atom stereocenters. The molecule has 1 fully saturated rings. The molecule has 0 bridgehead atoms. The first-order valence-electron chi connectivity index (χ1n) is 6.44. The third-order valence-corrected chi connectivity index (χ3v) is 3.02. The number of carbonyl (C=O) groups is 2. The minimum absolute atomic E-state index is 0.0907. The zero-order chi connectivity index (χ0) is 13.5. The van der Waals surface area contributed by atoms with Gasteiger partial charge in [-0.1, -0.05) is 0 Å². The average Bonchev–Trinajstić information content (AvgIpc) is 2.49. The average molecular weight is 262 g/mol. The number of nitrogens with one attached hydrogen (secondary N) is 2. The van der Waals surface area contributed by atoms with Gasteiger partial charge >= 0.3 is 0 Å². The Morgan fingerprint density at radius 2 is 2.16 bits per heavy atom. The first kappa shape index (κ1) is 13.5. The summed E-state index contributed by atoms with van der Waals surface area (Å²) in [5, 5.41) is 5.92. The molecule has 1 aliphatic heterocycles. The second-order valence-electron chi connectivity index (χ2n) is 4.38. The Labute approximate surface area is 112 Å². The van der Waals surface area contributed by atoms with Crippen molar-refractivity contribution in [2.24, 2.45) is 0 Å². The van der Waals surface area contributed by atoms with Gasteiger partial charge in [0.05, 0.1) is 5.56 Å². The Balaban J connectivity index is 1.71. The van der Waals surface area contributed by atoms with Gasteiger partial charge in [-0.3, -0.25) is 14.6 Å². The molecule has 0 spiro atoms. The van der Waals surface area contributed by atoms with Crippen LogP contribution in [0.4, 0.5) is 0 Å². The standard InChI is InChI=1S/C13H18N4O2/c18-12(17-8-6-14-7-9-17)3-5-16-13(19)11-2-1-4-15-10-11/h1-2,4,10,14H,3,5-9H2,(H,16,19). The van der Waals surface area contributed by atoms with E-state index in [2.05, 4.69) is 15.6 Å². The molecule has 0 aromatic carbocycles. The quantitative estimate of drug-likeness (QED) is 0.776. The number of piperazine rings is 1. The highest BCUT2D eigenvalue weighted by atomic mass is 16.2. The van der Waals surface area contributed by atoms with Crippen molar-refractivity contribution in [3.05, 3.63) is 30.1 Å². The van der Waals surface area contributed by atoms with E-state index >= 15 is 0 Å². The van der Waals surface area contributed by atoms with Crippen LogP contribution in [-0.2, 0) is 4.79 Å². The van der Waals surface area contributed by atoms with Crippen LogP contribution in [0, 0.1) is 0 Å². The molecule has 2 heterocycles. The van der Waals surface area contributed by atoms with Crippen molar-refractivity contribution in [2.45, 2.75) is 6.42 Å². The molecule has 1 saturated heterocycles. The minimum Gasteiger partial charge on any atom is -0.351 e. The highest BCUT2D eigenvalue weighted by Crippen LogP contribution is 1.98. The molecule has 0 atom stereocenters. The fraction of sp³-hybridized carbons (Fsp3) is 0.462. The first-order valence-corrected chi connectivity index (χ1v) is 6.44. The molecule has 6 nitrogen and oxygen atoms in total. The summed E-state index contributed by atoms with van der Waals surface area (Å²) in [6, 6.07) is 3.40. The van der Waals surface area contributed by atoms with Gasteiger partial charge in [-0.15, -0.1) is 0 Å². The maximum Gasteiger partial charge on any atom is 0.252 e. The number of carbonyl (C=O) groups excluding carboxylic acids is 2. The Kier molecular flexibility index (Phi) is 4.85. The van der Waals surface area contributed by atoms with E-state index in [1.807, 2.05) is 4.90 Å². The number of aromatic nitrogens is 1. The van der Waals surface area contributed by atoms with E-state index in [0.29, 0.717) is 18.5 Å². The van der Waals surface area contributed by atoms with Crippen molar-refractivity contribution in [2.75, 3.05) is 32.7 Å². The van der Waals surface area contributed by atoms with Gasteiger partial charge in [-0.25, -0.2) is 0 Å². The first-order chi connectivity index (χ1) is 9.27. The van der Waals surface area contributed by atoms with Gasteiger partial charge < -0.3 is 15.5 Å². The summed E-state index contributed by atoms with van der Waals surface area (Å²) < 4.78 is 0. The van der Waals surface area contributed by atoms with Gasteiger partial charge in [0, 0.05) is 51.5 Å². The van der Waals surface area contributed by atoms with Crippen molar-refractivity contribution < 1.29 is 9.59 Å². The SMILES string of the molecule is O=C(NCCC(=O)N1CCNCC1)c1cccnc1. The third-order valence-electron chi connectivity index (χ3n) is 3.02. The van der Waals surface area contributed by atoms with E-state index in [4.69, 9.17) is 0 Å². The van der Waals surface area contributed by atoms with E-state index in [0.717, 1.165) is 26.2 Å².